The molecule has 0 unspecified atom stereocenters. The first-order valence-corrected chi connectivity index (χ1v) is 11.0. The predicted octanol–water partition coefficient (Wildman–Crippen LogP) is 2.88. The molecule has 0 fully saturated rings. The number of hydrogen-bond acceptors (Lipinski definition) is 11. The molecule has 16 heteroatoms. The van der Waals surface area contributed by atoms with Crippen LogP contribution in [0.15, 0.2) is 57.8 Å². The van der Waals surface area contributed by atoms with Crippen LogP contribution in [0.25, 0.3) is 0 Å². The highest BCUT2D eigenvalue weighted by atomic mass is 32.2. The summed E-state index contributed by atoms with van der Waals surface area (Å²) in [5, 5.41) is 34.9. The largest absolute Gasteiger partial charge is 0.302 e. The van der Waals surface area contributed by atoms with Crippen molar-refractivity contribution in [2.45, 2.75) is 15.5 Å². The average Bonchev–Trinajstić information content (AvgIpc) is 3.22. The molecule has 1 aromatic heterocycles. The van der Waals surface area contributed by atoms with Gasteiger partial charge in [-0.25, -0.2) is 13.4 Å². The van der Waals surface area contributed by atoms with E-state index in [1.807, 2.05) is 0 Å². The van der Waals surface area contributed by atoms with E-state index in [-0.39, 0.29) is 25.5 Å². The van der Waals surface area contributed by atoms with Gasteiger partial charge in [-0.3, -0.25) is 35.1 Å². The summed E-state index contributed by atoms with van der Waals surface area (Å²) in [5.41, 5.74) is -1.49. The maximum atomic E-state index is 12.7. The smallest absolute Gasteiger partial charge is 0.279 e. The van der Waals surface area contributed by atoms with Gasteiger partial charge >= 0.3 is 0 Å². The van der Waals surface area contributed by atoms with Crippen LogP contribution in [0.2, 0.25) is 0 Å². The Bertz CT molecular complexity index is 1380. The molecular formula is C17H11N5O9S2. The third-order valence-electron chi connectivity index (χ3n) is 4.18. The summed E-state index contributed by atoms with van der Waals surface area (Å²) in [6, 6.07) is 7.05. The Morgan fingerprint density at radius 2 is 1.55 bits per heavy atom. The lowest BCUT2D eigenvalue weighted by molar-refractivity contribution is -0.394. The zero-order chi connectivity index (χ0) is 24.3. The van der Waals surface area contributed by atoms with Gasteiger partial charge in [-0.2, -0.15) is 0 Å². The molecule has 33 heavy (non-hydrogen) atoms. The number of nitrogens with zero attached hydrogens (tertiary/aromatic N) is 4. The normalized spacial score (nSPS) is 11.0. The molecule has 1 heterocycles. The van der Waals surface area contributed by atoms with Crippen molar-refractivity contribution in [1.82, 2.24) is 4.98 Å². The van der Waals surface area contributed by atoms with Crippen LogP contribution >= 0.6 is 11.3 Å². The van der Waals surface area contributed by atoms with Gasteiger partial charge in [0.1, 0.15) is 4.21 Å². The second kappa shape index (κ2) is 9.05. The lowest BCUT2D eigenvalue weighted by Gasteiger charge is -2.04. The fourth-order valence-corrected chi connectivity index (χ4v) is 5.07. The van der Waals surface area contributed by atoms with Crippen LogP contribution in [-0.4, -0.2) is 34.1 Å². The van der Waals surface area contributed by atoms with Crippen molar-refractivity contribution in [2.75, 3.05) is 5.32 Å². The van der Waals surface area contributed by atoms with E-state index in [1.54, 1.807) is 0 Å². The van der Waals surface area contributed by atoms with E-state index in [9.17, 15) is 43.6 Å². The summed E-state index contributed by atoms with van der Waals surface area (Å²) in [5.74, 6) is -0.763. The van der Waals surface area contributed by atoms with Gasteiger partial charge in [-0.05, 0) is 18.2 Å². The number of carbonyl (C=O) groups excluding carboxylic acids is 1. The highest BCUT2D eigenvalue weighted by molar-refractivity contribution is 7.93. The van der Waals surface area contributed by atoms with Gasteiger partial charge < -0.3 is 5.32 Å². The molecule has 1 amide bonds. The van der Waals surface area contributed by atoms with E-state index >= 15 is 0 Å². The van der Waals surface area contributed by atoms with Crippen LogP contribution in [0.3, 0.4) is 0 Å². The SMILES string of the molecule is O=C(Cc1ccc([N+](=O)[O-])cc1[N+](=O)[O-])Nc1ncc(S(=O)(=O)c2ccc([N+](=O)[O-])cc2)s1. The summed E-state index contributed by atoms with van der Waals surface area (Å²) < 4.78 is 25.1. The molecule has 0 aliphatic heterocycles. The standard InChI is InChI=1S/C17H11N5O9S2/c23-15(7-10-1-2-12(21(26)27)8-14(10)22(28)29)19-17-18-9-16(32-17)33(30,31)13-5-3-11(4-6-13)20(24)25/h1-6,8-9H,7H2,(H,18,19,23). The number of nitro groups is 3. The van der Waals surface area contributed by atoms with Crippen molar-refractivity contribution in [1.29, 1.82) is 0 Å². The number of benzene rings is 2. The van der Waals surface area contributed by atoms with Crippen LogP contribution in [0, 0.1) is 30.3 Å². The molecule has 0 spiro atoms. The molecule has 2 aromatic carbocycles. The molecule has 14 nitrogen and oxygen atoms in total. The first-order valence-electron chi connectivity index (χ1n) is 8.66. The third-order valence-corrected chi connectivity index (χ3v) is 7.32. The fourth-order valence-electron chi connectivity index (χ4n) is 2.63. The number of hydrogen-bond donors (Lipinski definition) is 1. The van der Waals surface area contributed by atoms with Crippen molar-refractivity contribution in [3.63, 3.8) is 0 Å². The summed E-state index contributed by atoms with van der Waals surface area (Å²) in [7, 11) is -4.06. The molecule has 0 saturated carbocycles. The summed E-state index contributed by atoms with van der Waals surface area (Å²) in [6.07, 6.45) is 0.476. The van der Waals surface area contributed by atoms with E-state index in [0.29, 0.717) is 11.3 Å². The van der Waals surface area contributed by atoms with E-state index in [1.165, 1.54) is 0 Å². The van der Waals surface area contributed by atoms with Crippen LogP contribution < -0.4 is 5.32 Å². The number of nitro benzene ring substituents is 3. The molecule has 1 N–H and O–H groups in total. The Balaban J connectivity index is 1.77. The number of thiazole rings is 1. The Morgan fingerprint density at radius 1 is 0.939 bits per heavy atom. The highest BCUT2D eigenvalue weighted by Gasteiger charge is 2.24. The second-order valence-electron chi connectivity index (χ2n) is 6.29. The Morgan fingerprint density at radius 3 is 2.12 bits per heavy atom. The third kappa shape index (κ3) is 5.13. The van der Waals surface area contributed by atoms with Gasteiger partial charge in [0.25, 0.3) is 17.1 Å². The number of non-ortho nitro benzene ring substituents is 2. The molecule has 0 aliphatic rings. The van der Waals surface area contributed by atoms with Gasteiger partial charge in [-0.1, -0.05) is 11.3 Å². The Kier molecular flexibility index (Phi) is 6.40. The topological polar surface area (TPSA) is 206 Å². The summed E-state index contributed by atoms with van der Waals surface area (Å²) >= 11 is 0.613. The Labute approximate surface area is 187 Å². The number of anilines is 1. The molecule has 0 saturated heterocycles. The zero-order valence-corrected chi connectivity index (χ0v) is 17.7. The van der Waals surface area contributed by atoms with E-state index in [4.69, 9.17) is 0 Å². The number of aromatic nitrogens is 1. The van der Waals surface area contributed by atoms with Gasteiger partial charge in [0.15, 0.2) is 5.13 Å². The monoisotopic (exact) mass is 493 g/mol. The number of amides is 1. The predicted molar refractivity (Wildman–Crippen MR) is 113 cm³/mol. The van der Waals surface area contributed by atoms with Crippen LogP contribution in [0.5, 0.6) is 0 Å². The first kappa shape index (κ1) is 23.4. The van der Waals surface area contributed by atoms with Gasteiger partial charge in [0.05, 0.1) is 38.3 Å². The van der Waals surface area contributed by atoms with E-state index < -0.39 is 48.3 Å². The number of nitrogens with one attached hydrogen (secondary N) is 1. The molecule has 170 valence electrons. The molecule has 0 aliphatic carbocycles. The minimum Gasteiger partial charge on any atom is -0.302 e. The number of carbonyl (C=O) groups is 1. The minimum atomic E-state index is -4.06. The number of sulfone groups is 1. The molecular weight excluding hydrogens is 482 g/mol. The van der Waals surface area contributed by atoms with Crippen molar-refractivity contribution in [3.8, 4) is 0 Å². The molecule has 0 radical (unpaired) electrons. The van der Waals surface area contributed by atoms with Crippen molar-refractivity contribution in [3.05, 3.63) is 84.6 Å². The molecule has 0 bridgehead atoms. The average molecular weight is 493 g/mol. The fraction of sp³-hybridized carbons (Fsp3) is 0.0588. The summed E-state index contributed by atoms with van der Waals surface area (Å²) in [4.78, 5) is 46.2. The van der Waals surface area contributed by atoms with Crippen LogP contribution in [0.1, 0.15) is 5.56 Å². The van der Waals surface area contributed by atoms with Gasteiger partial charge in [0, 0.05) is 23.8 Å². The van der Waals surface area contributed by atoms with Crippen LogP contribution in [0.4, 0.5) is 22.2 Å². The molecule has 0 atom stereocenters. The van der Waals surface area contributed by atoms with Crippen LogP contribution in [-0.2, 0) is 21.1 Å². The molecule has 3 rings (SSSR count). The summed E-state index contributed by atoms with van der Waals surface area (Å²) in [6.45, 7) is 0. The van der Waals surface area contributed by atoms with Gasteiger partial charge in [-0.15, -0.1) is 0 Å². The lowest BCUT2D eigenvalue weighted by atomic mass is 10.1. The maximum absolute atomic E-state index is 12.7. The first-order chi connectivity index (χ1) is 15.5. The maximum Gasteiger partial charge on any atom is 0.279 e. The quantitative estimate of drug-likeness (QED) is 0.358. The van der Waals surface area contributed by atoms with Crippen molar-refractivity contribution < 1.29 is 28.0 Å². The van der Waals surface area contributed by atoms with Crippen molar-refractivity contribution in [2.24, 2.45) is 0 Å². The van der Waals surface area contributed by atoms with Crippen molar-refractivity contribution >= 4 is 49.3 Å². The Hall–Kier alpha value is -4.31. The number of rotatable bonds is 8. The van der Waals surface area contributed by atoms with E-state index in [2.05, 4.69) is 10.3 Å². The van der Waals surface area contributed by atoms with E-state index in [0.717, 1.165) is 48.7 Å². The zero-order valence-electron chi connectivity index (χ0n) is 16.1. The lowest BCUT2D eigenvalue weighted by Crippen LogP contribution is -2.15. The second-order valence-corrected chi connectivity index (χ2v) is 9.50. The highest BCUT2D eigenvalue weighted by Crippen LogP contribution is 2.30. The van der Waals surface area contributed by atoms with Gasteiger partial charge in [0.2, 0.25) is 15.7 Å². The minimum absolute atomic E-state index is 0.0848. The molecule has 3 aromatic rings.